The number of fused-ring (bicyclic) bond motifs is 1. The Morgan fingerprint density at radius 2 is 2.29 bits per heavy atom. The predicted octanol–water partition coefficient (Wildman–Crippen LogP) is 1.82. The van der Waals surface area contributed by atoms with Crippen molar-refractivity contribution in [3.63, 3.8) is 0 Å². The Morgan fingerprint density at radius 1 is 1.53 bits per heavy atom. The molecule has 0 spiro atoms. The first-order chi connectivity index (χ1) is 8.01. The molecular formula is C11H13O5P. The molecule has 1 heterocycles. The lowest BCUT2D eigenvalue weighted by molar-refractivity contribution is 0.282. The number of hydrogen-bond donors (Lipinski definition) is 2. The molecule has 17 heavy (non-hydrogen) atoms. The summed E-state index contributed by atoms with van der Waals surface area (Å²) >= 11 is 0. The quantitative estimate of drug-likeness (QED) is 0.634. The van der Waals surface area contributed by atoms with E-state index in [4.69, 9.17) is 14.5 Å². The fraction of sp³-hybridized carbons (Fsp3) is 0.273. The van der Waals surface area contributed by atoms with Gasteiger partial charge in [0.2, 0.25) is 0 Å². The van der Waals surface area contributed by atoms with Crippen molar-refractivity contribution in [2.45, 2.75) is 12.8 Å². The highest BCUT2D eigenvalue weighted by Gasteiger charge is 2.23. The molecule has 0 bridgehead atoms. The van der Waals surface area contributed by atoms with Gasteiger partial charge in [-0.1, -0.05) is 6.08 Å². The van der Waals surface area contributed by atoms with Crippen LogP contribution in [0.3, 0.4) is 0 Å². The summed E-state index contributed by atoms with van der Waals surface area (Å²) in [6, 6.07) is 3.18. The van der Waals surface area contributed by atoms with Crippen molar-refractivity contribution in [3.05, 3.63) is 35.9 Å². The van der Waals surface area contributed by atoms with Gasteiger partial charge in [-0.25, -0.2) is 4.57 Å². The van der Waals surface area contributed by atoms with E-state index in [1.807, 2.05) is 0 Å². The Morgan fingerprint density at radius 3 is 2.94 bits per heavy atom. The van der Waals surface area contributed by atoms with Gasteiger partial charge in [0.25, 0.3) is 0 Å². The van der Waals surface area contributed by atoms with Crippen LogP contribution in [0, 0.1) is 0 Å². The second-order valence-electron chi connectivity index (χ2n) is 3.69. The average Bonchev–Trinajstić information content (AvgIpc) is 2.67. The molecule has 2 N–H and O–H groups in total. The van der Waals surface area contributed by atoms with E-state index in [2.05, 4.69) is 11.1 Å². The minimum Gasteiger partial charge on any atom is -0.493 e. The first-order valence-electron chi connectivity index (χ1n) is 5.15. The summed E-state index contributed by atoms with van der Waals surface area (Å²) in [5.74, 6) is 0.947. The van der Waals surface area contributed by atoms with Crippen molar-refractivity contribution in [1.29, 1.82) is 0 Å². The lowest BCUT2D eigenvalue weighted by Gasteiger charge is -2.13. The molecule has 2 rings (SSSR count). The molecule has 0 amide bonds. The van der Waals surface area contributed by atoms with Crippen LogP contribution in [0.4, 0.5) is 0 Å². The zero-order valence-electron chi connectivity index (χ0n) is 9.13. The predicted molar refractivity (Wildman–Crippen MR) is 62.2 cm³/mol. The highest BCUT2D eigenvalue weighted by Crippen LogP contribution is 2.43. The summed E-state index contributed by atoms with van der Waals surface area (Å²) < 4.78 is 20.9. The Bertz CT molecular complexity index is 491. The van der Waals surface area contributed by atoms with Gasteiger partial charge in [-0.2, -0.15) is 0 Å². The second-order valence-corrected chi connectivity index (χ2v) is 4.86. The third kappa shape index (κ3) is 2.69. The van der Waals surface area contributed by atoms with Gasteiger partial charge in [-0.15, -0.1) is 6.58 Å². The molecule has 92 valence electrons. The van der Waals surface area contributed by atoms with Crippen LogP contribution in [-0.4, -0.2) is 16.4 Å². The molecule has 5 nitrogen and oxygen atoms in total. The Labute approximate surface area is 98.9 Å². The fourth-order valence-electron chi connectivity index (χ4n) is 1.90. The summed E-state index contributed by atoms with van der Waals surface area (Å²) in [7, 11) is -4.54. The molecule has 0 saturated carbocycles. The zero-order valence-corrected chi connectivity index (χ0v) is 10.0. The topological polar surface area (TPSA) is 76.0 Å². The van der Waals surface area contributed by atoms with Crippen LogP contribution >= 0.6 is 7.82 Å². The van der Waals surface area contributed by atoms with Gasteiger partial charge in [-0.3, -0.25) is 9.79 Å². The van der Waals surface area contributed by atoms with E-state index < -0.39 is 7.82 Å². The van der Waals surface area contributed by atoms with E-state index in [1.165, 1.54) is 6.07 Å². The van der Waals surface area contributed by atoms with Gasteiger partial charge in [0.05, 0.1) is 6.61 Å². The molecule has 0 fully saturated rings. The summed E-state index contributed by atoms with van der Waals surface area (Å²) in [6.45, 7) is 4.21. The first-order valence-corrected chi connectivity index (χ1v) is 6.68. The van der Waals surface area contributed by atoms with Crippen LogP contribution in [-0.2, 0) is 17.4 Å². The standard InChI is InChI=1S/C11H13O5P/c1-2-3-8-9-6-7-15-10(9)4-5-11(8)16-17(12,13)14/h2,4-5H,1,3,6-7H2,(H2,12,13,14). The molecule has 6 heteroatoms. The van der Waals surface area contributed by atoms with Gasteiger partial charge in [0.15, 0.2) is 0 Å². The molecule has 0 atom stereocenters. The number of benzene rings is 1. The molecule has 0 aliphatic carbocycles. The van der Waals surface area contributed by atoms with Crippen molar-refractivity contribution >= 4 is 7.82 Å². The lowest BCUT2D eigenvalue weighted by atomic mass is 10.0. The van der Waals surface area contributed by atoms with E-state index in [0.717, 1.165) is 23.3 Å². The number of allylic oxidation sites excluding steroid dienone is 1. The van der Waals surface area contributed by atoms with Crippen LogP contribution in [0.1, 0.15) is 11.1 Å². The molecule has 1 aliphatic heterocycles. The maximum absolute atomic E-state index is 10.9. The van der Waals surface area contributed by atoms with Crippen molar-refractivity contribution in [1.82, 2.24) is 0 Å². The molecule has 1 aromatic rings. The minimum atomic E-state index is -4.54. The van der Waals surface area contributed by atoms with E-state index in [9.17, 15) is 4.57 Å². The van der Waals surface area contributed by atoms with Crippen LogP contribution in [0.2, 0.25) is 0 Å². The minimum absolute atomic E-state index is 0.197. The molecular weight excluding hydrogens is 243 g/mol. The van der Waals surface area contributed by atoms with Crippen molar-refractivity contribution < 1.29 is 23.6 Å². The van der Waals surface area contributed by atoms with E-state index >= 15 is 0 Å². The Balaban J connectivity index is 2.45. The smallest absolute Gasteiger partial charge is 0.493 e. The first kappa shape index (κ1) is 12.2. The normalized spacial score (nSPS) is 14.0. The molecule has 1 aliphatic rings. The lowest BCUT2D eigenvalue weighted by Crippen LogP contribution is -1.98. The average molecular weight is 256 g/mol. The summed E-state index contributed by atoms with van der Waals surface area (Å²) in [6.07, 6.45) is 2.87. The van der Waals surface area contributed by atoms with Crippen molar-refractivity contribution in [2.75, 3.05) is 6.61 Å². The number of ether oxygens (including phenoxy) is 1. The fourth-order valence-corrected chi connectivity index (χ4v) is 2.33. The van der Waals surface area contributed by atoms with Crippen LogP contribution in [0.25, 0.3) is 0 Å². The van der Waals surface area contributed by atoms with Gasteiger partial charge >= 0.3 is 7.82 Å². The maximum atomic E-state index is 10.9. The van der Waals surface area contributed by atoms with Crippen molar-refractivity contribution in [3.8, 4) is 11.5 Å². The van der Waals surface area contributed by atoms with Gasteiger partial charge in [0, 0.05) is 17.5 Å². The third-order valence-corrected chi connectivity index (χ3v) is 2.96. The van der Waals surface area contributed by atoms with Gasteiger partial charge < -0.3 is 9.26 Å². The molecule has 0 saturated heterocycles. The molecule has 0 radical (unpaired) electrons. The molecule has 1 aromatic carbocycles. The summed E-state index contributed by atoms with van der Waals surface area (Å²) in [4.78, 5) is 17.7. The Hall–Kier alpha value is -1.29. The highest BCUT2D eigenvalue weighted by atomic mass is 31.2. The van der Waals surface area contributed by atoms with Crippen LogP contribution < -0.4 is 9.26 Å². The SMILES string of the molecule is C=CCc1c(OP(=O)(O)O)ccc2c1CCO2. The monoisotopic (exact) mass is 256 g/mol. The number of phosphoric acid groups is 1. The van der Waals surface area contributed by atoms with Gasteiger partial charge in [0.1, 0.15) is 11.5 Å². The second kappa shape index (κ2) is 4.53. The van der Waals surface area contributed by atoms with E-state index in [1.54, 1.807) is 12.1 Å². The largest absolute Gasteiger partial charge is 0.524 e. The Kier molecular flexibility index (Phi) is 3.24. The van der Waals surface area contributed by atoms with Crippen molar-refractivity contribution in [2.24, 2.45) is 0 Å². The summed E-state index contributed by atoms with van der Waals surface area (Å²) in [5.41, 5.74) is 1.68. The molecule has 0 unspecified atom stereocenters. The third-order valence-electron chi connectivity index (χ3n) is 2.52. The number of phosphoric ester groups is 1. The summed E-state index contributed by atoms with van der Waals surface area (Å²) in [5, 5.41) is 0. The number of hydrogen-bond acceptors (Lipinski definition) is 3. The highest BCUT2D eigenvalue weighted by molar-refractivity contribution is 7.46. The van der Waals surface area contributed by atoms with E-state index in [-0.39, 0.29) is 5.75 Å². The maximum Gasteiger partial charge on any atom is 0.524 e. The molecule has 0 aromatic heterocycles. The van der Waals surface area contributed by atoms with E-state index in [0.29, 0.717) is 13.0 Å². The van der Waals surface area contributed by atoms with Gasteiger partial charge in [-0.05, 0) is 18.6 Å². The van der Waals surface area contributed by atoms with Crippen LogP contribution in [0.5, 0.6) is 11.5 Å². The number of rotatable bonds is 4. The van der Waals surface area contributed by atoms with Crippen LogP contribution in [0.15, 0.2) is 24.8 Å². The zero-order chi connectivity index (χ0) is 12.5.